The Morgan fingerprint density at radius 2 is 1.85 bits per heavy atom. The number of hydrogen-bond acceptors (Lipinski definition) is 3. The lowest BCUT2D eigenvalue weighted by atomic mass is 10.1. The van der Waals surface area contributed by atoms with E-state index in [1.165, 1.54) is 0 Å². The molecule has 0 aliphatic rings. The number of amides is 1. The molecular weight excluding hydrogens is 252 g/mol. The van der Waals surface area contributed by atoms with E-state index in [4.69, 9.17) is 10.5 Å². The van der Waals surface area contributed by atoms with Gasteiger partial charge in [0.1, 0.15) is 5.75 Å². The molecular formula is C16H18N2O2. The molecule has 20 heavy (non-hydrogen) atoms. The third-order valence-corrected chi connectivity index (χ3v) is 3.00. The molecule has 0 fully saturated rings. The third-order valence-electron chi connectivity index (χ3n) is 3.00. The Hall–Kier alpha value is -2.33. The van der Waals surface area contributed by atoms with Crippen LogP contribution in [0.5, 0.6) is 5.75 Å². The van der Waals surface area contributed by atoms with E-state index in [0.717, 1.165) is 17.7 Å². The van der Waals surface area contributed by atoms with E-state index in [9.17, 15) is 4.79 Å². The SMILES string of the molecule is COc1ccccc1C(=O)Nc1ccc(CCN)cc1. The molecule has 0 atom stereocenters. The molecule has 1 amide bonds. The van der Waals surface area contributed by atoms with Gasteiger partial charge in [0, 0.05) is 5.69 Å². The van der Waals surface area contributed by atoms with Gasteiger partial charge in [-0.25, -0.2) is 0 Å². The molecule has 0 bridgehead atoms. The number of benzene rings is 2. The molecule has 0 saturated heterocycles. The molecule has 2 rings (SSSR count). The van der Waals surface area contributed by atoms with Crippen LogP contribution in [-0.2, 0) is 6.42 Å². The number of nitrogens with two attached hydrogens (primary N) is 1. The second-order valence-electron chi connectivity index (χ2n) is 4.39. The summed E-state index contributed by atoms with van der Waals surface area (Å²) in [5.41, 5.74) is 7.93. The number of carbonyl (C=O) groups excluding carboxylic acids is 1. The van der Waals surface area contributed by atoms with Crippen molar-refractivity contribution in [3.05, 3.63) is 59.7 Å². The van der Waals surface area contributed by atoms with Gasteiger partial charge in [0.05, 0.1) is 12.7 Å². The largest absolute Gasteiger partial charge is 0.496 e. The minimum Gasteiger partial charge on any atom is -0.496 e. The van der Waals surface area contributed by atoms with Gasteiger partial charge in [-0.3, -0.25) is 4.79 Å². The van der Waals surface area contributed by atoms with E-state index in [1.807, 2.05) is 36.4 Å². The summed E-state index contributed by atoms with van der Waals surface area (Å²) in [5.74, 6) is 0.374. The molecule has 0 unspecified atom stereocenters. The Labute approximate surface area is 118 Å². The van der Waals surface area contributed by atoms with Crippen molar-refractivity contribution in [2.75, 3.05) is 19.0 Å². The van der Waals surface area contributed by atoms with Gasteiger partial charge in [-0.1, -0.05) is 24.3 Å². The Balaban J connectivity index is 2.11. The highest BCUT2D eigenvalue weighted by atomic mass is 16.5. The molecule has 3 N–H and O–H groups in total. The predicted molar refractivity (Wildman–Crippen MR) is 80.1 cm³/mol. The fourth-order valence-electron chi connectivity index (χ4n) is 1.95. The van der Waals surface area contributed by atoms with Crippen LogP contribution in [0.25, 0.3) is 0 Å². The van der Waals surface area contributed by atoms with Crippen LogP contribution in [0.1, 0.15) is 15.9 Å². The Kier molecular flexibility index (Phi) is 4.74. The van der Waals surface area contributed by atoms with Crippen LogP contribution in [0.4, 0.5) is 5.69 Å². The molecule has 2 aromatic rings. The van der Waals surface area contributed by atoms with Gasteiger partial charge in [-0.2, -0.15) is 0 Å². The Morgan fingerprint density at radius 1 is 1.15 bits per heavy atom. The lowest BCUT2D eigenvalue weighted by Crippen LogP contribution is -2.13. The third kappa shape index (κ3) is 3.36. The molecule has 2 aromatic carbocycles. The van der Waals surface area contributed by atoms with Crippen LogP contribution in [0.2, 0.25) is 0 Å². The first-order valence-corrected chi connectivity index (χ1v) is 6.48. The highest BCUT2D eigenvalue weighted by Crippen LogP contribution is 2.19. The zero-order valence-corrected chi connectivity index (χ0v) is 11.4. The molecule has 0 aromatic heterocycles. The van der Waals surface area contributed by atoms with Crippen molar-refractivity contribution in [3.8, 4) is 5.75 Å². The standard InChI is InChI=1S/C16H18N2O2/c1-20-15-5-3-2-4-14(15)16(19)18-13-8-6-12(7-9-13)10-11-17/h2-9H,10-11,17H2,1H3,(H,18,19). The van der Waals surface area contributed by atoms with Crippen molar-refractivity contribution in [1.29, 1.82) is 0 Å². The second kappa shape index (κ2) is 6.73. The number of carbonyl (C=O) groups is 1. The summed E-state index contributed by atoms with van der Waals surface area (Å²) in [4.78, 5) is 12.2. The number of rotatable bonds is 5. The molecule has 104 valence electrons. The van der Waals surface area contributed by atoms with Gasteiger partial charge >= 0.3 is 0 Å². The van der Waals surface area contributed by atoms with E-state index in [1.54, 1.807) is 19.2 Å². The number of hydrogen-bond donors (Lipinski definition) is 2. The maximum Gasteiger partial charge on any atom is 0.259 e. The first kappa shape index (κ1) is 14.1. The van der Waals surface area contributed by atoms with E-state index >= 15 is 0 Å². The van der Waals surface area contributed by atoms with Crippen LogP contribution in [0.15, 0.2) is 48.5 Å². The number of anilines is 1. The molecule has 4 heteroatoms. The van der Waals surface area contributed by atoms with Gasteiger partial charge in [-0.15, -0.1) is 0 Å². The quantitative estimate of drug-likeness (QED) is 0.877. The van der Waals surface area contributed by atoms with Crippen molar-refractivity contribution in [3.63, 3.8) is 0 Å². The minimum atomic E-state index is -0.186. The van der Waals surface area contributed by atoms with Gasteiger partial charge in [0.15, 0.2) is 0 Å². The summed E-state index contributed by atoms with van der Waals surface area (Å²) in [5, 5.41) is 2.85. The zero-order chi connectivity index (χ0) is 14.4. The lowest BCUT2D eigenvalue weighted by molar-refractivity contribution is 0.102. The summed E-state index contributed by atoms with van der Waals surface area (Å²) in [7, 11) is 1.55. The number of ether oxygens (including phenoxy) is 1. The summed E-state index contributed by atoms with van der Waals surface area (Å²) in [6, 6.07) is 14.8. The monoisotopic (exact) mass is 270 g/mol. The maximum atomic E-state index is 12.2. The number of para-hydroxylation sites is 1. The molecule has 0 spiro atoms. The first-order chi connectivity index (χ1) is 9.74. The van der Waals surface area contributed by atoms with Gasteiger partial charge in [0.25, 0.3) is 5.91 Å². The van der Waals surface area contributed by atoms with Gasteiger partial charge < -0.3 is 15.8 Å². The molecule has 0 saturated carbocycles. The summed E-state index contributed by atoms with van der Waals surface area (Å²) >= 11 is 0. The second-order valence-corrected chi connectivity index (χ2v) is 4.39. The van der Waals surface area contributed by atoms with Crippen molar-refractivity contribution < 1.29 is 9.53 Å². The average molecular weight is 270 g/mol. The molecule has 0 aliphatic carbocycles. The van der Waals surface area contributed by atoms with Crippen molar-refractivity contribution in [2.24, 2.45) is 5.73 Å². The van der Waals surface area contributed by atoms with Crippen LogP contribution >= 0.6 is 0 Å². The average Bonchev–Trinajstić information content (AvgIpc) is 2.49. The van der Waals surface area contributed by atoms with Crippen molar-refractivity contribution >= 4 is 11.6 Å². The normalized spacial score (nSPS) is 10.1. The maximum absolute atomic E-state index is 12.2. The topological polar surface area (TPSA) is 64.3 Å². The predicted octanol–water partition coefficient (Wildman–Crippen LogP) is 2.45. The van der Waals surface area contributed by atoms with Crippen LogP contribution < -0.4 is 15.8 Å². The van der Waals surface area contributed by atoms with Gasteiger partial charge in [-0.05, 0) is 42.8 Å². The van der Waals surface area contributed by atoms with Crippen LogP contribution in [0, 0.1) is 0 Å². The summed E-state index contributed by atoms with van der Waals surface area (Å²) in [6.45, 7) is 0.618. The number of nitrogens with one attached hydrogen (secondary N) is 1. The van der Waals surface area contributed by atoms with E-state index in [-0.39, 0.29) is 5.91 Å². The summed E-state index contributed by atoms with van der Waals surface area (Å²) in [6.07, 6.45) is 0.834. The first-order valence-electron chi connectivity index (χ1n) is 6.48. The Bertz CT molecular complexity index is 579. The van der Waals surface area contributed by atoms with Crippen molar-refractivity contribution in [2.45, 2.75) is 6.42 Å². The summed E-state index contributed by atoms with van der Waals surface area (Å²) < 4.78 is 5.18. The van der Waals surface area contributed by atoms with E-state index in [2.05, 4.69) is 5.32 Å². The fourth-order valence-corrected chi connectivity index (χ4v) is 1.95. The van der Waals surface area contributed by atoms with E-state index in [0.29, 0.717) is 17.9 Å². The lowest BCUT2D eigenvalue weighted by Gasteiger charge is -2.09. The van der Waals surface area contributed by atoms with Crippen LogP contribution in [-0.4, -0.2) is 19.6 Å². The smallest absolute Gasteiger partial charge is 0.259 e. The minimum absolute atomic E-state index is 0.186. The van der Waals surface area contributed by atoms with Crippen LogP contribution in [0.3, 0.4) is 0 Å². The zero-order valence-electron chi connectivity index (χ0n) is 11.4. The van der Waals surface area contributed by atoms with Crippen molar-refractivity contribution in [1.82, 2.24) is 0 Å². The van der Waals surface area contributed by atoms with E-state index < -0.39 is 0 Å². The number of methoxy groups -OCH3 is 1. The fraction of sp³-hybridized carbons (Fsp3) is 0.188. The highest BCUT2D eigenvalue weighted by Gasteiger charge is 2.11. The molecule has 0 radical (unpaired) electrons. The van der Waals surface area contributed by atoms with Gasteiger partial charge in [0.2, 0.25) is 0 Å². The highest BCUT2D eigenvalue weighted by molar-refractivity contribution is 6.06. The molecule has 4 nitrogen and oxygen atoms in total. The molecule has 0 aliphatic heterocycles. The Morgan fingerprint density at radius 3 is 2.50 bits per heavy atom. The molecule has 0 heterocycles.